The molecule has 41 heavy (non-hydrogen) atoms. The molecule has 0 fully saturated rings. The second-order valence-electron chi connectivity index (χ2n) is 10.9. The maximum absolute atomic E-state index is 7.99. The van der Waals surface area contributed by atoms with E-state index in [1.165, 1.54) is 10.5 Å². The van der Waals surface area contributed by atoms with Crippen LogP contribution in [0.2, 0.25) is 0 Å². The zero-order valence-electron chi connectivity index (χ0n) is 25.8. The molecule has 7 rings (SSSR count). The van der Waals surface area contributed by atoms with Gasteiger partial charge in [0.2, 0.25) is 0 Å². The van der Waals surface area contributed by atoms with Crippen LogP contribution in [-0.2, 0) is 26.5 Å². The van der Waals surface area contributed by atoms with Crippen molar-refractivity contribution in [2.75, 3.05) is 16.8 Å². The fourth-order valence-electron chi connectivity index (χ4n) is 5.24. The molecule has 0 N–H and O–H groups in total. The molecule has 1 aliphatic heterocycles. The number of fused-ring (bicyclic) bond motifs is 4. The summed E-state index contributed by atoms with van der Waals surface area (Å²) in [5.41, 5.74) is 5.11. The quantitative estimate of drug-likeness (QED) is 0.171. The average Bonchev–Trinajstić information content (AvgIpc) is 3.53. The van der Waals surface area contributed by atoms with Crippen molar-refractivity contribution >= 4 is 38.9 Å². The topological polar surface area (TPSA) is 33.5 Å². The molecule has 4 aromatic carbocycles. The molecular formula is C35H29N4OPt-3. The standard InChI is InChI=1S/C35H29N4O.Pt/c1-35(2,3)24-18-19-36-34(20-24)39-30-13-6-5-12-28(30)29-17-16-27(22-33(29)39)40-26-11-9-10-25(21-26)38-23-37(4)31-14-7-8-15-32(31)38;/h5-20,23H,1-4H3;/q-3;/i4D3;. The summed E-state index contributed by atoms with van der Waals surface area (Å²) in [5.74, 6) is 1.84. The van der Waals surface area contributed by atoms with Gasteiger partial charge in [0.25, 0.3) is 0 Å². The van der Waals surface area contributed by atoms with Crippen LogP contribution in [0.15, 0.2) is 97.2 Å². The van der Waals surface area contributed by atoms with Crippen LogP contribution in [0.1, 0.15) is 30.4 Å². The first-order chi connectivity index (χ1) is 20.6. The third-order valence-corrected chi connectivity index (χ3v) is 7.26. The van der Waals surface area contributed by atoms with Crippen molar-refractivity contribution in [3.05, 3.63) is 122 Å². The van der Waals surface area contributed by atoms with Crippen LogP contribution >= 0.6 is 0 Å². The first kappa shape index (κ1) is 23.6. The van der Waals surface area contributed by atoms with Gasteiger partial charge in [0.05, 0.1) is 0 Å². The zero-order valence-corrected chi connectivity index (χ0v) is 25.1. The van der Waals surface area contributed by atoms with Crippen molar-refractivity contribution in [2.24, 2.45) is 0 Å². The Balaban J connectivity index is 0.00000343. The van der Waals surface area contributed by atoms with Gasteiger partial charge in [-0.1, -0.05) is 56.6 Å². The Hall–Kier alpha value is -4.08. The Labute approximate surface area is 259 Å². The van der Waals surface area contributed by atoms with Gasteiger partial charge in [0.1, 0.15) is 5.82 Å². The van der Waals surface area contributed by atoms with E-state index >= 15 is 0 Å². The van der Waals surface area contributed by atoms with E-state index in [9.17, 15) is 0 Å². The van der Waals surface area contributed by atoms with Gasteiger partial charge in [-0.3, -0.25) is 0 Å². The number of hydrogen-bond donors (Lipinski definition) is 0. The number of aromatic nitrogens is 2. The van der Waals surface area contributed by atoms with E-state index in [2.05, 4.69) is 67.8 Å². The summed E-state index contributed by atoms with van der Waals surface area (Å²) in [6.45, 7) is 5.85. The number of pyridine rings is 1. The molecule has 0 saturated heterocycles. The molecule has 0 saturated carbocycles. The van der Waals surface area contributed by atoms with Gasteiger partial charge in [-0.25, -0.2) is 4.98 Å². The number of anilines is 3. The zero-order chi connectivity index (χ0) is 29.9. The Morgan fingerprint density at radius 3 is 2.44 bits per heavy atom. The molecule has 0 aliphatic carbocycles. The van der Waals surface area contributed by atoms with Gasteiger partial charge in [-0.05, 0) is 53.7 Å². The van der Waals surface area contributed by atoms with Gasteiger partial charge in [-0.2, -0.15) is 18.8 Å². The summed E-state index contributed by atoms with van der Waals surface area (Å²) >= 11 is 0. The van der Waals surface area contributed by atoms with Crippen LogP contribution in [0, 0.1) is 18.8 Å². The van der Waals surface area contributed by atoms with Crippen LogP contribution in [0.4, 0.5) is 17.1 Å². The SMILES string of the molecule is [2H]C([2H])([2H])N1[CH-]N(c2[c-]c(Oc3[c-]c4c(cc3)c3ccccc3n4-c3cc(C(C)(C)C)ccn3)ccc2)c2ccccc21.[Pt]. The van der Waals surface area contributed by atoms with Crippen molar-refractivity contribution in [3.8, 4) is 17.3 Å². The molecule has 6 heteroatoms. The second kappa shape index (κ2) is 10.4. The predicted molar refractivity (Wildman–Crippen MR) is 163 cm³/mol. The number of para-hydroxylation sites is 3. The number of nitrogens with zero attached hydrogens (tertiary/aromatic N) is 4. The summed E-state index contributed by atoms with van der Waals surface area (Å²) in [7, 11) is 0. The van der Waals surface area contributed by atoms with E-state index in [1.807, 2.05) is 65.7 Å². The normalized spacial score (nSPS) is 14.4. The van der Waals surface area contributed by atoms with E-state index in [4.69, 9.17) is 13.8 Å². The smallest absolute Gasteiger partial charge is 0.135 e. The molecule has 0 bridgehead atoms. The molecule has 1 aliphatic rings. The molecule has 6 aromatic rings. The molecular weight excluding hydrogens is 687 g/mol. The first-order valence-electron chi connectivity index (χ1n) is 14.7. The van der Waals surface area contributed by atoms with Gasteiger partial charge < -0.3 is 19.1 Å². The third-order valence-electron chi connectivity index (χ3n) is 7.26. The average molecular weight is 720 g/mol. The molecule has 208 valence electrons. The Kier molecular flexibility index (Phi) is 5.98. The van der Waals surface area contributed by atoms with Crippen LogP contribution in [0.25, 0.3) is 27.6 Å². The molecule has 0 atom stereocenters. The summed E-state index contributed by atoms with van der Waals surface area (Å²) in [6.07, 6.45) is 1.86. The predicted octanol–water partition coefficient (Wildman–Crippen LogP) is 8.57. The van der Waals surface area contributed by atoms with Crippen molar-refractivity contribution in [1.82, 2.24) is 9.55 Å². The molecule has 3 heterocycles. The minimum Gasteiger partial charge on any atom is -0.509 e. The molecule has 0 radical (unpaired) electrons. The van der Waals surface area contributed by atoms with E-state index in [1.54, 1.807) is 12.7 Å². The van der Waals surface area contributed by atoms with E-state index in [0.29, 0.717) is 22.9 Å². The van der Waals surface area contributed by atoms with Crippen LogP contribution in [-0.4, -0.2) is 16.5 Å². The monoisotopic (exact) mass is 719 g/mol. The van der Waals surface area contributed by atoms with E-state index in [0.717, 1.165) is 33.3 Å². The minimum atomic E-state index is -2.32. The maximum atomic E-state index is 7.99. The number of rotatable bonds is 4. The van der Waals surface area contributed by atoms with Crippen molar-refractivity contribution in [1.29, 1.82) is 0 Å². The van der Waals surface area contributed by atoms with Crippen LogP contribution < -0.4 is 14.5 Å². The first-order valence-corrected chi connectivity index (χ1v) is 13.2. The van der Waals surface area contributed by atoms with Crippen LogP contribution in [0.3, 0.4) is 0 Å². The molecule has 0 unspecified atom stereocenters. The third kappa shape index (κ3) is 4.79. The van der Waals surface area contributed by atoms with Crippen LogP contribution in [0.5, 0.6) is 11.5 Å². The molecule has 0 spiro atoms. The van der Waals surface area contributed by atoms with E-state index in [-0.39, 0.29) is 26.5 Å². The largest absolute Gasteiger partial charge is 0.509 e. The summed E-state index contributed by atoms with van der Waals surface area (Å²) < 4.78 is 32.4. The molecule has 0 amide bonds. The van der Waals surface area contributed by atoms with Gasteiger partial charge in [0, 0.05) is 59.8 Å². The molecule has 5 nitrogen and oxygen atoms in total. The van der Waals surface area contributed by atoms with E-state index < -0.39 is 6.98 Å². The summed E-state index contributed by atoms with van der Waals surface area (Å²) in [4.78, 5) is 7.86. The minimum absolute atomic E-state index is 0. The Morgan fingerprint density at radius 2 is 1.61 bits per heavy atom. The fourth-order valence-corrected chi connectivity index (χ4v) is 5.24. The second-order valence-corrected chi connectivity index (χ2v) is 10.9. The van der Waals surface area contributed by atoms with Crippen molar-refractivity contribution in [2.45, 2.75) is 26.2 Å². The molecule has 2 aromatic heterocycles. The van der Waals surface area contributed by atoms with Crippen molar-refractivity contribution < 1.29 is 29.9 Å². The van der Waals surface area contributed by atoms with Gasteiger partial charge in [-0.15, -0.1) is 41.4 Å². The number of ether oxygens (including phenoxy) is 1. The Morgan fingerprint density at radius 1 is 0.829 bits per heavy atom. The maximum Gasteiger partial charge on any atom is 0.135 e. The van der Waals surface area contributed by atoms with Gasteiger partial charge in [0.15, 0.2) is 0 Å². The summed E-state index contributed by atoms with van der Waals surface area (Å²) in [6, 6.07) is 36.2. The number of benzene rings is 4. The van der Waals surface area contributed by atoms with Gasteiger partial charge >= 0.3 is 0 Å². The fraction of sp³-hybridized carbons (Fsp3) is 0.143. The number of hydrogen-bond acceptors (Lipinski definition) is 4. The Bertz CT molecular complexity index is 2000. The van der Waals surface area contributed by atoms with Crippen molar-refractivity contribution in [3.63, 3.8) is 0 Å². The summed E-state index contributed by atoms with van der Waals surface area (Å²) in [5, 5.41) is 2.16.